The quantitative estimate of drug-likeness (QED) is 0.226. The van der Waals surface area contributed by atoms with Crippen molar-refractivity contribution in [3.05, 3.63) is 36.9 Å². The van der Waals surface area contributed by atoms with Crippen LogP contribution in [0.25, 0.3) is 0 Å². The summed E-state index contributed by atoms with van der Waals surface area (Å²) in [6.45, 7) is 15.0. The molecule has 0 unspecified atom stereocenters. The first-order valence-corrected chi connectivity index (χ1v) is 9.76. The second-order valence-corrected chi connectivity index (χ2v) is 7.12. The second kappa shape index (κ2) is 11.1. The van der Waals surface area contributed by atoms with Crippen LogP contribution in [-0.2, 0) is 4.74 Å². The Morgan fingerprint density at radius 2 is 2.03 bits per heavy atom. The molecule has 8 nitrogen and oxygen atoms in total. The van der Waals surface area contributed by atoms with Crippen LogP contribution in [0.2, 0.25) is 0 Å². The summed E-state index contributed by atoms with van der Waals surface area (Å²) < 4.78 is 5.74. The molecule has 29 heavy (non-hydrogen) atoms. The van der Waals surface area contributed by atoms with Gasteiger partial charge in [0.15, 0.2) is 0 Å². The van der Waals surface area contributed by atoms with E-state index in [0.29, 0.717) is 17.5 Å². The van der Waals surface area contributed by atoms with Crippen molar-refractivity contribution in [3.8, 4) is 0 Å². The first-order chi connectivity index (χ1) is 13.9. The predicted molar refractivity (Wildman–Crippen MR) is 121 cm³/mol. The summed E-state index contributed by atoms with van der Waals surface area (Å²) in [5.74, 6) is 1.87. The largest absolute Gasteiger partial charge is 0.495 e. The Kier molecular flexibility index (Phi) is 8.51. The van der Waals surface area contributed by atoms with Gasteiger partial charge < -0.3 is 9.64 Å². The van der Waals surface area contributed by atoms with E-state index in [-0.39, 0.29) is 12.0 Å². The van der Waals surface area contributed by atoms with Crippen LogP contribution in [0.3, 0.4) is 0 Å². The predicted octanol–water partition coefficient (Wildman–Crippen LogP) is 3.51. The zero-order valence-electron chi connectivity index (χ0n) is 17.6. The van der Waals surface area contributed by atoms with Crippen LogP contribution in [0.1, 0.15) is 40.0 Å². The molecular weight excluding hydrogens is 366 g/mol. The first-order valence-electron chi connectivity index (χ1n) is 9.76. The monoisotopic (exact) mass is 397 g/mol. The number of rotatable bonds is 7. The van der Waals surface area contributed by atoms with Gasteiger partial charge in [0.25, 0.3) is 0 Å². The molecule has 1 heterocycles. The Labute approximate surface area is 173 Å². The van der Waals surface area contributed by atoms with Crippen molar-refractivity contribution in [3.63, 3.8) is 0 Å². The number of nitrogens with zero attached hydrogens (tertiary/aromatic N) is 5. The zero-order valence-corrected chi connectivity index (χ0v) is 17.6. The maximum Gasteiger partial charge on any atom is 0.147 e. The summed E-state index contributed by atoms with van der Waals surface area (Å²) in [7, 11) is 0. The summed E-state index contributed by atoms with van der Waals surface area (Å²) in [5.41, 5.74) is 4.80. The lowest BCUT2D eigenvalue weighted by Crippen LogP contribution is -2.24. The van der Waals surface area contributed by atoms with Gasteiger partial charge >= 0.3 is 0 Å². The van der Waals surface area contributed by atoms with E-state index in [0.717, 1.165) is 38.0 Å². The third kappa shape index (κ3) is 7.48. The Morgan fingerprint density at radius 3 is 2.72 bits per heavy atom. The number of hydrazone groups is 1. The zero-order chi connectivity index (χ0) is 21.2. The molecule has 0 bridgehead atoms. The van der Waals surface area contributed by atoms with Gasteiger partial charge in [-0.2, -0.15) is 5.10 Å². The van der Waals surface area contributed by atoms with E-state index in [2.05, 4.69) is 43.6 Å². The molecule has 2 fully saturated rings. The van der Waals surface area contributed by atoms with Crippen LogP contribution in [0.15, 0.2) is 57.0 Å². The Bertz CT molecular complexity index is 768. The lowest BCUT2D eigenvalue weighted by atomic mass is 9.80. The maximum absolute atomic E-state index is 7.99. The standard InChI is InChI=1S/C21H31N7O/c1-6-23-17(4)26-18(5)27-25-8-10-29-20-7-9-28(14-20)16(3)13-24-21(22)19-11-15(2)12-19/h6,8,10,13,19-20,22,25H,2-3,7,9,11-12,14H2,1,4-5H3/b10-8+,22-21?,23-6+,24-13-,26-17+,27-18-/t20-/m1/s1. The van der Waals surface area contributed by atoms with Crippen LogP contribution >= 0.6 is 0 Å². The lowest BCUT2D eigenvalue weighted by Gasteiger charge is -2.26. The second-order valence-electron chi connectivity index (χ2n) is 7.12. The molecule has 0 aromatic carbocycles. The smallest absolute Gasteiger partial charge is 0.147 e. The van der Waals surface area contributed by atoms with E-state index in [4.69, 9.17) is 10.1 Å². The summed E-state index contributed by atoms with van der Waals surface area (Å²) in [6, 6.07) is 0. The maximum atomic E-state index is 7.99. The molecule has 0 amide bonds. The van der Waals surface area contributed by atoms with Gasteiger partial charge in [0, 0.05) is 30.8 Å². The molecule has 0 radical (unpaired) electrons. The lowest BCUT2D eigenvalue weighted by molar-refractivity contribution is 0.152. The fraction of sp³-hybridized carbons (Fsp3) is 0.476. The molecule has 1 saturated heterocycles. The van der Waals surface area contributed by atoms with Gasteiger partial charge in [0.05, 0.1) is 19.0 Å². The molecule has 0 spiro atoms. The molecule has 1 saturated carbocycles. The Hall–Kier alpha value is -3.03. The van der Waals surface area contributed by atoms with Crippen LogP contribution < -0.4 is 5.43 Å². The molecule has 0 aromatic rings. The van der Waals surface area contributed by atoms with Crippen molar-refractivity contribution in [2.24, 2.45) is 26.0 Å². The van der Waals surface area contributed by atoms with Gasteiger partial charge in [-0.3, -0.25) is 10.8 Å². The van der Waals surface area contributed by atoms with E-state index >= 15 is 0 Å². The molecule has 1 aliphatic carbocycles. The van der Waals surface area contributed by atoms with Crippen LogP contribution in [0.4, 0.5) is 0 Å². The highest BCUT2D eigenvalue weighted by atomic mass is 16.5. The van der Waals surface area contributed by atoms with Gasteiger partial charge in [-0.25, -0.2) is 15.0 Å². The fourth-order valence-electron chi connectivity index (χ4n) is 3.05. The molecule has 1 atom stereocenters. The van der Waals surface area contributed by atoms with Crippen molar-refractivity contribution < 1.29 is 4.74 Å². The Balaban J connectivity index is 1.69. The molecular formula is C21H31N7O. The van der Waals surface area contributed by atoms with Gasteiger partial charge in [-0.15, -0.1) is 0 Å². The molecule has 0 aromatic heterocycles. The fourth-order valence-corrected chi connectivity index (χ4v) is 3.05. The third-order valence-corrected chi connectivity index (χ3v) is 4.64. The van der Waals surface area contributed by atoms with E-state index in [1.54, 1.807) is 31.8 Å². The highest BCUT2D eigenvalue weighted by Crippen LogP contribution is 2.32. The van der Waals surface area contributed by atoms with E-state index in [9.17, 15) is 0 Å². The number of hydrogen-bond acceptors (Lipinski definition) is 5. The number of hydrogen-bond donors (Lipinski definition) is 2. The molecule has 8 heteroatoms. The summed E-state index contributed by atoms with van der Waals surface area (Å²) in [5, 5.41) is 12.1. The van der Waals surface area contributed by atoms with Gasteiger partial charge in [-0.05, 0) is 33.6 Å². The van der Waals surface area contributed by atoms with Crippen molar-refractivity contribution >= 4 is 29.9 Å². The highest BCUT2D eigenvalue weighted by molar-refractivity contribution is 5.97. The highest BCUT2D eigenvalue weighted by Gasteiger charge is 2.26. The van der Waals surface area contributed by atoms with Crippen molar-refractivity contribution in [1.29, 1.82) is 5.41 Å². The minimum atomic E-state index is 0.0804. The molecule has 2 aliphatic rings. The SMILES string of the molecule is C=C1CC(C(=N)/N=C\C(=C)N2CC[C@@H](O/C=C/N\N=C(C)/N=C(C)/N=C/C)C2)C1. The Morgan fingerprint density at radius 1 is 1.28 bits per heavy atom. The topological polar surface area (TPSA) is 97.8 Å². The van der Waals surface area contributed by atoms with Crippen molar-refractivity contribution in [1.82, 2.24) is 10.3 Å². The van der Waals surface area contributed by atoms with E-state index in [1.165, 1.54) is 5.57 Å². The first kappa shape index (κ1) is 22.3. The molecule has 156 valence electrons. The number of amidine groups is 3. The number of likely N-dealkylation sites (tertiary alicyclic amines) is 1. The summed E-state index contributed by atoms with van der Waals surface area (Å²) in [6.07, 6.45) is 9.34. The minimum absolute atomic E-state index is 0.0804. The van der Waals surface area contributed by atoms with E-state index in [1.807, 2.05) is 13.8 Å². The van der Waals surface area contributed by atoms with Gasteiger partial charge in [-0.1, -0.05) is 18.7 Å². The van der Waals surface area contributed by atoms with Crippen LogP contribution in [-0.4, -0.2) is 54.0 Å². The number of nitrogens with one attached hydrogen (secondary N) is 2. The van der Waals surface area contributed by atoms with Crippen LogP contribution in [0.5, 0.6) is 0 Å². The average Bonchev–Trinajstić information content (AvgIpc) is 3.12. The minimum Gasteiger partial charge on any atom is -0.495 e. The number of ether oxygens (including phenoxy) is 1. The average molecular weight is 398 g/mol. The van der Waals surface area contributed by atoms with Crippen LogP contribution in [0, 0.1) is 11.3 Å². The number of allylic oxidation sites excluding steroid dienone is 2. The van der Waals surface area contributed by atoms with Crippen molar-refractivity contribution in [2.45, 2.75) is 46.1 Å². The third-order valence-electron chi connectivity index (χ3n) is 4.64. The van der Waals surface area contributed by atoms with Gasteiger partial charge in [0.2, 0.25) is 0 Å². The molecule has 2 rings (SSSR count). The molecule has 1 aliphatic heterocycles. The summed E-state index contributed by atoms with van der Waals surface area (Å²) >= 11 is 0. The normalized spacial score (nSPS) is 21.4. The van der Waals surface area contributed by atoms with Gasteiger partial charge in [0.1, 0.15) is 29.9 Å². The van der Waals surface area contributed by atoms with Crippen molar-refractivity contribution in [2.75, 3.05) is 13.1 Å². The van der Waals surface area contributed by atoms with E-state index < -0.39 is 0 Å². The summed E-state index contributed by atoms with van der Waals surface area (Å²) in [4.78, 5) is 14.7. The molecule has 2 N–H and O–H groups in total. The number of aliphatic imine (C=N–C) groups is 3.